The van der Waals surface area contributed by atoms with Gasteiger partial charge in [0.25, 0.3) is 0 Å². The monoisotopic (exact) mass is 555 g/mol. The molecule has 2 aromatic heterocycles. The van der Waals surface area contributed by atoms with E-state index in [0.717, 1.165) is 14.2 Å². The Bertz CT molecular complexity index is 1200. The Morgan fingerprint density at radius 3 is 2.70 bits per heavy atom. The molecule has 2 fully saturated rings. The molecule has 0 atom stereocenters. The number of pyridine rings is 1. The van der Waals surface area contributed by atoms with Gasteiger partial charge in [-0.3, -0.25) is 4.72 Å². The number of methoxy groups -OCH3 is 1. The second-order valence-electron chi connectivity index (χ2n) is 7.82. The highest BCUT2D eigenvalue weighted by Crippen LogP contribution is 2.38. The Hall–Kier alpha value is -2.15. The number of rotatable bonds is 8. The fourth-order valence-electron chi connectivity index (χ4n) is 3.42. The highest BCUT2D eigenvalue weighted by molar-refractivity contribution is 9.10. The third-order valence-corrected chi connectivity index (χ3v) is 9.68. The number of aromatic nitrogens is 1. The fourth-order valence-corrected chi connectivity index (χ4v) is 6.34. The topological polar surface area (TPSA) is 119 Å². The zero-order valence-electron chi connectivity index (χ0n) is 18.4. The second kappa shape index (κ2) is 9.61. The van der Waals surface area contributed by atoms with E-state index in [-0.39, 0.29) is 16.8 Å². The van der Waals surface area contributed by atoms with Gasteiger partial charge in [-0.15, -0.1) is 11.3 Å². The normalized spacial score (nSPS) is 17.2. The summed E-state index contributed by atoms with van der Waals surface area (Å²) in [6, 6.07) is 1.68. The van der Waals surface area contributed by atoms with Gasteiger partial charge in [-0.2, -0.15) is 0 Å². The van der Waals surface area contributed by atoms with Gasteiger partial charge in [0.05, 0.1) is 46.3 Å². The van der Waals surface area contributed by atoms with E-state index in [1.807, 2.05) is 11.8 Å². The van der Waals surface area contributed by atoms with E-state index in [4.69, 9.17) is 20.2 Å². The third-order valence-electron chi connectivity index (χ3n) is 5.41. The molecule has 3 N–H and O–H groups in total. The molecular weight excluding hydrogens is 530 g/mol. The number of morpholine rings is 1. The molecule has 1 saturated heterocycles. The Balaban J connectivity index is 1.79. The van der Waals surface area contributed by atoms with Crippen molar-refractivity contribution in [1.29, 1.82) is 0 Å². The Morgan fingerprint density at radius 1 is 1.42 bits per heavy atom. The lowest BCUT2D eigenvalue weighted by molar-refractivity contribution is 0.0534. The van der Waals surface area contributed by atoms with Gasteiger partial charge in [0.15, 0.2) is 0 Å². The number of hydrogen-bond acceptors (Lipinski definition) is 9. The first-order chi connectivity index (χ1) is 15.7. The average molecular weight is 557 g/mol. The number of aryl methyl sites for hydroxylation is 1. The van der Waals surface area contributed by atoms with Gasteiger partial charge in [0, 0.05) is 29.7 Å². The number of hydrogen-bond donors (Lipinski definition) is 2. The summed E-state index contributed by atoms with van der Waals surface area (Å²) in [4.78, 5) is 13.0. The summed E-state index contributed by atoms with van der Waals surface area (Å²) in [5.41, 5.74) is 8.38. The predicted octanol–water partition coefficient (Wildman–Crippen LogP) is 3.35. The Labute approximate surface area is 205 Å². The third kappa shape index (κ3) is 5.18. The number of nitrogens with one attached hydrogen (secondary N) is 1. The quantitative estimate of drug-likeness (QED) is 0.479. The van der Waals surface area contributed by atoms with Gasteiger partial charge in [-0.05, 0) is 41.8 Å². The highest BCUT2D eigenvalue weighted by atomic mass is 79.9. The molecule has 1 aliphatic carbocycles. The van der Waals surface area contributed by atoms with Gasteiger partial charge in [0.2, 0.25) is 15.9 Å². The minimum atomic E-state index is -3.51. The molecule has 0 bridgehead atoms. The van der Waals surface area contributed by atoms with Crippen LogP contribution in [0.2, 0.25) is 0 Å². The van der Waals surface area contributed by atoms with Crippen LogP contribution in [0, 0.1) is 6.92 Å². The van der Waals surface area contributed by atoms with Crippen molar-refractivity contribution in [3.05, 3.63) is 44.5 Å². The molecule has 33 heavy (non-hydrogen) atoms. The fraction of sp³-hybridized carbons (Fsp3) is 0.429. The number of anilines is 2. The molecule has 4 rings (SSSR count). The summed E-state index contributed by atoms with van der Waals surface area (Å²) in [6.07, 6.45) is 2.90. The van der Waals surface area contributed by atoms with Crippen LogP contribution in [0.5, 0.6) is 5.88 Å². The number of nitrogen functional groups attached to an aromatic ring is 1. The Morgan fingerprint density at radius 2 is 2.12 bits per heavy atom. The smallest absolute Gasteiger partial charge is 0.238 e. The first-order valence-corrected chi connectivity index (χ1v) is 13.6. The molecule has 1 aliphatic heterocycles. The molecule has 12 heteroatoms. The summed E-state index contributed by atoms with van der Waals surface area (Å²) in [7, 11) is -2.06. The highest BCUT2D eigenvalue weighted by Gasteiger charge is 2.36. The van der Waals surface area contributed by atoms with E-state index in [9.17, 15) is 8.42 Å². The van der Waals surface area contributed by atoms with Crippen LogP contribution in [-0.2, 0) is 14.8 Å². The number of nitrogens with two attached hydrogens (primary N) is 1. The van der Waals surface area contributed by atoms with Crippen molar-refractivity contribution in [1.82, 2.24) is 9.88 Å². The molecule has 0 aromatic carbocycles. The molecule has 0 unspecified atom stereocenters. The van der Waals surface area contributed by atoms with Crippen molar-refractivity contribution >= 4 is 54.4 Å². The number of sulfonamides is 1. The van der Waals surface area contributed by atoms with E-state index in [1.165, 1.54) is 18.4 Å². The van der Waals surface area contributed by atoms with Crippen molar-refractivity contribution in [2.75, 3.05) is 43.9 Å². The predicted molar refractivity (Wildman–Crippen MR) is 135 cm³/mol. The van der Waals surface area contributed by atoms with E-state index < -0.39 is 10.0 Å². The number of halogens is 1. The summed E-state index contributed by atoms with van der Waals surface area (Å²) in [5.74, 6) is 0.761. The van der Waals surface area contributed by atoms with Crippen molar-refractivity contribution < 1.29 is 17.9 Å². The van der Waals surface area contributed by atoms with Gasteiger partial charge in [-0.25, -0.2) is 18.4 Å². The SMILES string of the molecule is C=C(/N=C(/c1cnc(OC)c(NS(=O)(=O)C2CC2)c1)c1sc(C)c(Br)c1N)N1CCOCC1. The maximum atomic E-state index is 12.6. The largest absolute Gasteiger partial charge is 0.480 e. The summed E-state index contributed by atoms with van der Waals surface area (Å²) >= 11 is 5.03. The zero-order chi connectivity index (χ0) is 23.8. The van der Waals surface area contributed by atoms with Crippen molar-refractivity contribution in [2.45, 2.75) is 25.0 Å². The molecule has 2 aliphatic rings. The Kier molecular flexibility index (Phi) is 6.99. The van der Waals surface area contributed by atoms with Gasteiger partial charge in [-0.1, -0.05) is 6.58 Å². The van der Waals surface area contributed by atoms with Crippen LogP contribution in [0.25, 0.3) is 0 Å². The minimum Gasteiger partial charge on any atom is -0.480 e. The van der Waals surface area contributed by atoms with E-state index in [1.54, 1.807) is 12.3 Å². The standard InChI is InChI=1S/C21H26BrN5O4S2/c1-12-17(22)18(23)20(32-12)19(25-13(2)27-6-8-31-9-7-27)14-10-16(21(30-3)24-11-14)26-33(28,29)15-4-5-15/h10-11,15,26H,2,4-9,23H2,1,3H3/b25-19-. The number of nitrogens with zero attached hydrogens (tertiary/aromatic N) is 3. The molecule has 2 aromatic rings. The van der Waals surface area contributed by atoms with Crippen LogP contribution >= 0.6 is 27.3 Å². The molecule has 9 nitrogen and oxygen atoms in total. The molecule has 178 valence electrons. The van der Waals surface area contributed by atoms with E-state index >= 15 is 0 Å². The van der Waals surface area contributed by atoms with Gasteiger partial charge in [0.1, 0.15) is 11.5 Å². The van der Waals surface area contributed by atoms with Crippen LogP contribution in [0.15, 0.2) is 34.1 Å². The number of ether oxygens (including phenoxy) is 2. The van der Waals surface area contributed by atoms with Crippen LogP contribution < -0.4 is 15.2 Å². The summed E-state index contributed by atoms with van der Waals surface area (Å²) in [5, 5.41) is -0.383. The van der Waals surface area contributed by atoms with Crippen molar-refractivity contribution in [3.8, 4) is 5.88 Å². The van der Waals surface area contributed by atoms with Crippen LogP contribution in [-0.4, -0.2) is 62.7 Å². The summed E-state index contributed by atoms with van der Waals surface area (Å²) < 4.78 is 39.4. The summed E-state index contributed by atoms with van der Waals surface area (Å²) in [6.45, 7) is 8.70. The number of aliphatic imine (C=N–C) groups is 1. The maximum Gasteiger partial charge on any atom is 0.238 e. The minimum absolute atomic E-state index is 0.186. The molecule has 3 heterocycles. The maximum absolute atomic E-state index is 12.6. The lowest BCUT2D eigenvalue weighted by Crippen LogP contribution is -2.35. The zero-order valence-corrected chi connectivity index (χ0v) is 21.6. The number of thiophene rings is 1. The molecule has 0 spiro atoms. The second-order valence-corrected chi connectivity index (χ2v) is 11.8. The van der Waals surface area contributed by atoms with Gasteiger partial charge < -0.3 is 20.1 Å². The first kappa shape index (κ1) is 24.0. The van der Waals surface area contributed by atoms with E-state index in [0.29, 0.717) is 61.9 Å². The molecule has 1 saturated carbocycles. The van der Waals surface area contributed by atoms with Crippen LogP contribution in [0.3, 0.4) is 0 Å². The molecule has 0 radical (unpaired) electrons. The van der Waals surface area contributed by atoms with Crippen LogP contribution in [0.1, 0.15) is 28.2 Å². The van der Waals surface area contributed by atoms with Crippen LogP contribution in [0.4, 0.5) is 11.4 Å². The van der Waals surface area contributed by atoms with E-state index in [2.05, 4.69) is 32.2 Å². The van der Waals surface area contributed by atoms with Gasteiger partial charge >= 0.3 is 0 Å². The average Bonchev–Trinajstić information content (AvgIpc) is 3.63. The lowest BCUT2D eigenvalue weighted by atomic mass is 10.1. The molecule has 0 amide bonds. The first-order valence-electron chi connectivity index (χ1n) is 10.4. The van der Waals surface area contributed by atoms with Crippen molar-refractivity contribution in [3.63, 3.8) is 0 Å². The lowest BCUT2D eigenvalue weighted by Gasteiger charge is -2.28. The van der Waals surface area contributed by atoms with Crippen molar-refractivity contribution in [2.24, 2.45) is 4.99 Å². The molecular formula is C21H26BrN5O4S2.